The first kappa shape index (κ1) is 28.9. The smallest absolute Gasteiger partial charge is 0.328 e. The Morgan fingerprint density at radius 2 is 1.68 bits per heavy atom. The van der Waals surface area contributed by atoms with E-state index in [1.807, 2.05) is 30.3 Å². The molecule has 37 heavy (non-hydrogen) atoms. The molecule has 3 aromatic carbocycles. The van der Waals surface area contributed by atoms with Crippen LogP contribution >= 0.6 is 39.2 Å². The van der Waals surface area contributed by atoms with E-state index in [0.717, 1.165) is 5.56 Å². The van der Waals surface area contributed by atoms with Crippen LogP contribution in [0.25, 0.3) is 0 Å². The van der Waals surface area contributed by atoms with Gasteiger partial charge >= 0.3 is 5.97 Å². The maximum Gasteiger partial charge on any atom is 0.328 e. The van der Waals surface area contributed by atoms with Gasteiger partial charge in [-0.3, -0.25) is 9.36 Å². The molecule has 2 atom stereocenters. The maximum absolute atomic E-state index is 13.1. The minimum atomic E-state index is -3.27. The number of rotatable bonds is 10. The summed E-state index contributed by atoms with van der Waals surface area (Å²) in [4.78, 5) is 35.3. The molecule has 0 aliphatic heterocycles. The van der Waals surface area contributed by atoms with Crippen LogP contribution < -0.4 is 10.1 Å². The molecule has 0 saturated carbocycles. The van der Waals surface area contributed by atoms with E-state index in [-0.39, 0.29) is 36.3 Å². The van der Waals surface area contributed by atoms with Crippen LogP contribution in [0.2, 0.25) is 0 Å². The van der Waals surface area contributed by atoms with Crippen LogP contribution in [-0.4, -0.2) is 41.2 Å². The van der Waals surface area contributed by atoms with Crippen molar-refractivity contribution in [2.75, 3.05) is 13.3 Å². The fourth-order valence-electron chi connectivity index (χ4n) is 3.54. The van der Waals surface area contributed by atoms with E-state index in [1.54, 1.807) is 19.1 Å². The highest BCUT2D eigenvalue weighted by Crippen LogP contribution is 2.44. The predicted molar refractivity (Wildman–Crippen MR) is 148 cm³/mol. The molecule has 3 aromatic rings. The quantitative estimate of drug-likeness (QED) is 0.181. The molecule has 11 heteroatoms. The standard InChI is InChI=1S/C26H26Br2NO7P/c1-3-35-26(32)22(13-16-7-5-4-6-8-16)29-25(31)19-14-18(9-10-23(19)30)36-24-20(27)11-17(12-21(24)28)15-37(2,33)34/h4-12,14,22,30H,3,13,15H2,1-2H3,(H,29,31)(H,33,34). The molecular weight excluding hydrogens is 629 g/mol. The van der Waals surface area contributed by atoms with E-state index in [1.165, 1.54) is 24.9 Å². The first-order valence-electron chi connectivity index (χ1n) is 11.3. The van der Waals surface area contributed by atoms with Crippen LogP contribution in [0.5, 0.6) is 17.2 Å². The predicted octanol–water partition coefficient (Wildman–Crippen LogP) is 6.01. The van der Waals surface area contributed by atoms with Crippen molar-refractivity contribution in [1.29, 1.82) is 0 Å². The first-order valence-corrected chi connectivity index (χ1v) is 15.1. The zero-order chi connectivity index (χ0) is 27.2. The average Bonchev–Trinajstić information content (AvgIpc) is 2.81. The fourth-order valence-corrected chi connectivity index (χ4v) is 5.84. The zero-order valence-electron chi connectivity index (χ0n) is 20.1. The number of hydrogen-bond donors (Lipinski definition) is 3. The van der Waals surface area contributed by atoms with Crippen LogP contribution in [0.15, 0.2) is 69.6 Å². The molecule has 0 heterocycles. The third-order valence-corrected chi connectivity index (χ3v) is 7.26. The molecule has 8 nitrogen and oxygen atoms in total. The van der Waals surface area contributed by atoms with Crippen LogP contribution in [0.1, 0.15) is 28.4 Å². The van der Waals surface area contributed by atoms with Crippen molar-refractivity contribution in [1.82, 2.24) is 5.32 Å². The number of nitrogens with one attached hydrogen (secondary N) is 1. The Morgan fingerprint density at radius 3 is 2.27 bits per heavy atom. The summed E-state index contributed by atoms with van der Waals surface area (Å²) in [5.74, 6) is -0.928. The van der Waals surface area contributed by atoms with E-state index in [4.69, 9.17) is 9.47 Å². The van der Waals surface area contributed by atoms with Crippen molar-refractivity contribution >= 4 is 51.1 Å². The molecule has 0 fully saturated rings. The monoisotopic (exact) mass is 653 g/mol. The van der Waals surface area contributed by atoms with Crippen molar-refractivity contribution in [2.45, 2.75) is 25.5 Å². The molecule has 0 aliphatic carbocycles. The van der Waals surface area contributed by atoms with Gasteiger partial charge < -0.3 is 24.8 Å². The summed E-state index contributed by atoms with van der Waals surface area (Å²) in [6.45, 7) is 3.12. The first-order chi connectivity index (χ1) is 17.5. The van der Waals surface area contributed by atoms with Gasteiger partial charge in [-0.2, -0.15) is 0 Å². The highest BCUT2D eigenvalue weighted by atomic mass is 79.9. The summed E-state index contributed by atoms with van der Waals surface area (Å²) in [7, 11) is -3.27. The Balaban J connectivity index is 1.83. The Labute approximate surface area is 231 Å². The lowest BCUT2D eigenvalue weighted by atomic mass is 10.1. The van der Waals surface area contributed by atoms with Gasteiger partial charge in [0.25, 0.3) is 5.91 Å². The fraction of sp³-hybridized carbons (Fsp3) is 0.231. The second-order valence-corrected chi connectivity index (χ2v) is 12.5. The van der Waals surface area contributed by atoms with E-state index in [0.29, 0.717) is 20.3 Å². The molecule has 0 bridgehead atoms. The number of esters is 1. The van der Waals surface area contributed by atoms with Crippen LogP contribution in [0.3, 0.4) is 0 Å². The van der Waals surface area contributed by atoms with Crippen molar-refractivity contribution in [3.63, 3.8) is 0 Å². The van der Waals surface area contributed by atoms with Crippen molar-refractivity contribution in [3.8, 4) is 17.2 Å². The SMILES string of the molecule is CCOC(=O)C(Cc1ccccc1)NC(=O)c1cc(Oc2c(Br)cc(CP(C)(=O)O)cc2Br)ccc1O. The topological polar surface area (TPSA) is 122 Å². The Morgan fingerprint density at radius 1 is 1.03 bits per heavy atom. The highest BCUT2D eigenvalue weighted by Gasteiger charge is 2.25. The Bertz CT molecular complexity index is 1300. The van der Waals surface area contributed by atoms with Crippen molar-refractivity contribution < 1.29 is 33.6 Å². The zero-order valence-corrected chi connectivity index (χ0v) is 24.2. The van der Waals surface area contributed by atoms with E-state index >= 15 is 0 Å². The number of carbonyl (C=O) groups is 2. The minimum Gasteiger partial charge on any atom is -0.507 e. The summed E-state index contributed by atoms with van der Waals surface area (Å²) in [6.07, 6.45) is 0.214. The van der Waals surface area contributed by atoms with Gasteiger partial charge in [-0.15, -0.1) is 0 Å². The van der Waals surface area contributed by atoms with Crippen LogP contribution in [0.4, 0.5) is 0 Å². The maximum atomic E-state index is 13.1. The molecule has 3 N–H and O–H groups in total. The molecule has 3 rings (SSSR count). The molecule has 0 saturated heterocycles. The number of phenolic OH excluding ortho intramolecular Hbond substituents is 1. The van der Waals surface area contributed by atoms with Gasteiger partial charge in [0.05, 0.1) is 21.1 Å². The molecular formula is C26H26Br2NO7P. The Kier molecular flexibility index (Phi) is 9.95. The van der Waals surface area contributed by atoms with Gasteiger partial charge in [-0.1, -0.05) is 30.3 Å². The molecule has 1 amide bonds. The number of amides is 1. The second kappa shape index (κ2) is 12.7. The largest absolute Gasteiger partial charge is 0.507 e. The van der Waals surface area contributed by atoms with E-state index < -0.39 is 25.3 Å². The molecule has 2 unspecified atom stereocenters. The van der Waals surface area contributed by atoms with Crippen LogP contribution in [-0.2, 0) is 26.7 Å². The summed E-state index contributed by atoms with van der Waals surface area (Å²) in [5.41, 5.74) is 1.38. The lowest BCUT2D eigenvalue weighted by Gasteiger charge is -2.18. The molecule has 0 spiro atoms. The molecule has 0 aromatic heterocycles. The summed E-state index contributed by atoms with van der Waals surface area (Å²) in [5, 5.41) is 13.0. The lowest BCUT2D eigenvalue weighted by molar-refractivity contribution is -0.145. The molecule has 0 aliphatic rings. The van der Waals surface area contributed by atoms with Gasteiger partial charge in [0.1, 0.15) is 17.5 Å². The van der Waals surface area contributed by atoms with Crippen LogP contribution in [0, 0.1) is 0 Å². The highest BCUT2D eigenvalue weighted by molar-refractivity contribution is 9.11. The third kappa shape index (κ3) is 8.43. The normalized spacial score (nSPS) is 13.3. The lowest BCUT2D eigenvalue weighted by Crippen LogP contribution is -2.43. The number of hydrogen-bond acceptors (Lipinski definition) is 6. The minimum absolute atomic E-state index is 0.00137. The van der Waals surface area contributed by atoms with E-state index in [9.17, 15) is 24.2 Å². The molecule has 196 valence electrons. The summed E-state index contributed by atoms with van der Waals surface area (Å²) < 4.78 is 23.9. The van der Waals surface area contributed by atoms with Gasteiger partial charge in [0.15, 0.2) is 5.75 Å². The van der Waals surface area contributed by atoms with Gasteiger partial charge in [-0.05, 0) is 80.2 Å². The van der Waals surface area contributed by atoms with Crippen molar-refractivity contribution in [2.24, 2.45) is 0 Å². The molecule has 0 radical (unpaired) electrons. The average molecular weight is 655 g/mol. The van der Waals surface area contributed by atoms with Gasteiger partial charge in [0, 0.05) is 19.2 Å². The van der Waals surface area contributed by atoms with Gasteiger partial charge in [-0.25, -0.2) is 4.79 Å². The third-order valence-electron chi connectivity index (χ3n) is 5.13. The second-order valence-electron chi connectivity index (χ2n) is 8.35. The number of benzene rings is 3. The number of halogens is 2. The Hall–Kier alpha value is -2.65. The number of aromatic hydroxyl groups is 1. The number of phenols is 1. The van der Waals surface area contributed by atoms with Crippen molar-refractivity contribution in [3.05, 3.63) is 86.3 Å². The summed E-state index contributed by atoms with van der Waals surface area (Å²) >= 11 is 6.83. The van der Waals surface area contributed by atoms with Gasteiger partial charge in [0.2, 0.25) is 7.37 Å². The number of carbonyl (C=O) groups excluding carboxylic acids is 2. The summed E-state index contributed by atoms with van der Waals surface area (Å²) in [6, 6.07) is 15.7. The number of ether oxygens (including phenoxy) is 2. The van der Waals surface area contributed by atoms with E-state index in [2.05, 4.69) is 37.2 Å².